The Kier molecular flexibility index (Phi) is 29.9. The Hall–Kier alpha value is -8.97. The Morgan fingerprint density at radius 1 is 0.154 bits per heavy atom. The molecule has 0 saturated carbocycles. The molecule has 0 aromatic carbocycles. The molecule has 0 amide bonds. The normalized spacial score (nSPS) is 18.5. The standard InChI is InChI=1S/C34H46Cl4N22.C27H33Cl3N18.C4H10N2.C3Cl3N3/c1-51-3-7-53(8-4-51)27-39-23(35)41-29(47-27)55-11-15-57(16-12-55)31-43-25(37)45-33(49-31)59-19-21-60(22-20-59)34-46-26(38)44-32(50-34)58-17-13-56(14-18-58)30-42-24(36)40-28(48-30)54-9-5-52(2)6-10-54;1-16-31-17(2)34-22(33-16)43-4-8-45(9-5-43)24-37-20(29)39-26(41-24)47-12-14-48(15-13-47)27-40-21(30)38-25(42-27)46-10-6-44(7-11-46)23-35-18(3)32-19(28)36-23;1-2-6-4-3-5-1;4-1-7-2(5)9-3(6)8-1/h3-22H2,1-2H3;4-15H2,1-3H3;5-6H,1-4H2;. The van der Waals surface area contributed by atoms with Crippen LogP contribution in [0.2, 0.25) is 52.8 Å². The van der Waals surface area contributed by atoms with E-state index in [1.54, 1.807) is 6.92 Å². The number of anilines is 14. The Labute approximate surface area is 758 Å². The highest BCUT2D eigenvalue weighted by Crippen LogP contribution is 2.30. The lowest BCUT2D eigenvalue weighted by Crippen LogP contribution is -2.50. The molecule has 0 radical (unpaired) electrons. The lowest BCUT2D eigenvalue weighted by atomic mass is 10.3. The van der Waals surface area contributed by atoms with Crippen molar-refractivity contribution in [3.63, 3.8) is 0 Å². The highest BCUT2D eigenvalue weighted by atomic mass is 35.5. The SMILES string of the molecule is C1CNCCN1.CN1CCN(c2nc(Cl)nc(N3CCN(c4nc(Cl)nc(N5CCN(c6nc(Cl)nc(N7CCN(c8nc(Cl)nc(N9CCN(C)CC9)n8)CC7)n6)CC5)n4)CC3)n2)CC1.Cc1nc(C)nc(N2CCN(c3nc(Cl)nc(N4CCN(c5nc(Cl)nc(N6CCN(c7nc(C)nc(Cl)n7)CC6)n5)CC4)n3)CC2)n1.Clc1nc(Cl)nc(Cl)n1. The number of aryl methyl sites for hydroxylation is 3. The van der Waals surface area contributed by atoms with Crippen molar-refractivity contribution in [2.75, 3.05) is 318 Å². The monoisotopic (exact) mass is 1890 g/mol. The second kappa shape index (κ2) is 41.4. The van der Waals surface area contributed by atoms with Crippen molar-refractivity contribution >= 4 is 199 Å². The van der Waals surface area contributed by atoms with E-state index in [2.05, 4.69) is 208 Å². The molecule has 9 aromatic rings. The van der Waals surface area contributed by atoms with E-state index >= 15 is 0 Å². The molecule has 9 aromatic heterocycles. The highest BCUT2D eigenvalue weighted by molar-refractivity contribution is 6.33. The molecule has 45 nitrogen and oxygen atoms in total. The summed E-state index contributed by atoms with van der Waals surface area (Å²) in [5.74, 6) is 9.89. The van der Waals surface area contributed by atoms with Gasteiger partial charge in [-0.2, -0.15) is 125 Å². The molecule has 0 unspecified atom stereocenters. The van der Waals surface area contributed by atoms with Gasteiger partial charge in [0, 0.05) is 236 Å². The third-order valence-corrected chi connectivity index (χ3v) is 22.9. The van der Waals surface area contributed by atoms with Gasteiger partial charge in [0.05, 0.1) is 0 Å². The number of halogens is 10. The lowest BCUT2D eigenvalue weighted by Gasteiger charge is -2.37. The minimum absolute atomic E-state index is 0.000000000000000444. The summed E-state index contributed by atoms with van der Waals surface area (Å²) in [5, 5.41) is 7.61. The Morgan fingerprint density at radius 3 is 0.431 bits per heavy atom. The first-order valence-electron chi connectivity index (χ1n) is 40.0. The van der Waals surface area contributed by atoms with Gasteiger partial charge >= 0.3 is 0 Å². The van der Waals surface area contributed by atoms with Gasteiger partial charge in [0.1, 0.15) is 17.5 Å². The van der Waals surface area contributed by atoms with Crippen molar-refractivity contribution in [2.45, 2.75) is 20.8 Å². The topological polar surface area (TPSA) is 424 Å². The van der Waals surface area contributed by atoms with Crippen LogP contribution >= 0.6 is 116 Å². The maximum atomic E-state index is 6.50. The van der Waals surface area contributed by atoms with Gasteiger partial charge in [-0.15, -0.1) is 0 Å². The maximum absolute atomic E-state index is 6.50. The smallest absolute Gasteiger partial charge is 0.231 e. The van der Waals surface area contributed by atoms with Crippen molar-refractivity contribution in [3.05, 3.63) is 70.3 Å². The molecule has 0 aliphatic carbocycles. The van der Waals surface area contributed by atoms with Gasteiger partial charge < -0.3 is 89.0 Å². The zero-order valence-electron chi connectivity index (χ0n) is 68.0. The molecule has 0 spiro atoms. The summed E-state index contributed by atoms with van der Waals surface area (Å²) < 4.78 is 0. The molecule has 9 aliphatic rings. The van der Waals surface area contributed by atoms with Crippen LogP contribution in [0.3, 0.4) is 0 Å². The Bertz CT molecular complexity index is 4660. The summed E-state index contributed by atoms with van der Waals surface area (Å²) in [5.41, 5.74) is 0. The average molecular weight is 1890 g/mol. The fourth-order valence-electron chi connectivity index (χ4n) is 14.5. The molecule has 18 heterocycles. The van der Waals surface area contributed by atoms with Gasteiger partial charge in [0.25, 0.3) is 0 Å². The quantitative estimate of drug-likeness (QED) is 0.158. The van der Waals surface area contributed by atoms with Crippen LogP contribution < -0.4 is 79.2 Å². The molecule has 2 N–H and O–H groups in total. The number of nitrogens with one attached hydrogen (secondary N) is 2. The number of nitrogens with zero attached hydrogens (tertiary/aromatic N) is 43. The minimum Gasteiger partial charge on any atom is -0.338 e. The first kappa shape index (κ1) is 88.9. The van der Waals surface area contributed by atoms with Crippen LogP contribution in [-0.4, -0.2) is 394 Å². The third kappa shape index (κ3) is 24.0. The van der Waals surface area contributed by atoms with Crippen LogP contribution in [0.1, 0.15) is 17.5 Å². The number of aromatic nitrogens is 27. The molecule has 0 bridgehead atoms. The van der Waals surface area contributed by atoms with Crippen LogP contribution in [0.4, 0.5) is 83.3 Å². The minimum atomic E-state index is 0.000000000000000444. The molecular weight excluding hydrogens is 1800 g/mol. The van der Waals surface area contributed by atoms with E-state index in [9.17, 15) is 0 Å². The van der Waals surface area contributed by atoms with E-state index in [1.807, 2.05) is 13.8 Å². The molecule has 18 rings (SSSR count). The highest BCUT2D eigenvalue weighted by Gasteiger charge is 2.33. The van der Waals surface area contributed by atoms with Crippen molar-refractivity contribution in [3.8, 4) is 0 Å². The van der Waals surface area contributed by atoms with Gasteiger partial charge in [0.15, 0.2) is 0 Å². The van der Waals surface area contributed by atoms with Gasteiger partial charge in [0.2, 0.25) is 136 Å². The van der Waals surface area contributed by atoms with Crippen molar-refractivity contribution in [1.82, 2.24) is 155 Å². The van der Waals surface area contributed by atoms with Crippen molar-refractivity contribution in [1.29, 1.82) is 0 Å². The molecule has 55 heteroatoms. The summed E-state index contributed by atoms with van der Waals surface area (Å²) in [6.45, 7) is 32.9. The zero-order chi connectivity index (χ0) is 85.8. The Balaban J connectivity index is 0.000000165. The summed E-state index contributed by atoms with van der Waals surface area (Å²) >= 11 is 60.6. The number of likely N-dealkylation sites (N-methyl/N-ethyl adjacent to an activating group) is 2. The lowest BCUT2D eigenvalue weighted by molar-refractivity contribution is 0.311. The molecule has 9 fully saturated rings. The molecule has 9 saturated heterocycles. The van der Waals surface area contributed by atoms with E-state index in [0.29, 0.717) is 245 Å². The molecule has 123 heavy (non-hydrogen) atoms. The predicted molar refractivity (Wildman–Crippen MR) is 474 cm³/mol. The van der Waals surface area contributed by atoms with Crippen molar-refractivity contribution in [2.24, 2.45) is 0 Å². The van der Waals surface area contributed by atoms with E-state index < -0.39 is 0 Å². The first-order valence-corrected chi connectivity index (χ1v) is 43.8. The fourth-order valence-corrected chi connectivity index (χ4v) is 16.3. The van der Waals surface area contributed by atoms with Crippen LogP contribution in [0.5, 0.6) is 0 Å². The summed E-state index contributed by atoms with van der Waals surface area (Å²) in [7, 11) is 4.23. The van der Waals surface area contributed by atoms with E-state index in [0.717, 1.165) is 91.6 Å². The fraction of sp³-hybridized carbons (Fsp3) is 0.603. The van der Waals surface area contributed by atoms with Crippen LogP contribution in [0, 0.1) is 20.8 Å². The maximum Gasteiger partial charge on any atom is 0.231 e. The number of piperazine rings is 9. The Morgan fingerprint density at radius 2 is 0.276 bits per heavy atom. The van der Waals surface area contributed by atoms with E-state index in [4.69, 9.17) is 146 Å². The van der Waals surface area contributed by atoms with Gasteiger partial charge in [-0.1, -0.05) is 0 Å². The van der Waals surface area contributed by atoms with Crippen LogP contribution in [0.15, 0.2) is 0 Å². The largest absolute Gasteiger partial charge is 0.338 e. The van der Waals surface area contributed by atoms with Gasteiger partial charge in [-0.3, -0.25) is 0 Å². The predicted octanol–water partition coefficient (Wildman–Crippen LogP) is 2.83. The third-order valence-electron chi connectivity index (χ3n) is 21.2. The molecule has 0 atom stereocenters. The van der Waals surface area contributed by atoms with Crippen LogP contribution in [0.25, 0.3) is 0 Å². The average Bonchev–Trinajstić information content (AvgIpc) is 0.805. The summed E-state index contributed by atoms with van der Waals surface area (Å²) in [4.78, 5) is 153. The van der Waals surface area contributed by atoms with E-state index in [1.165, 1.54) is 0 Å². The molecule has 656 valence electrons. The molecular formula is C68H89Cl10N45. The second-order valence-electron chi connectivity index (χ2n) is 29.5. The van der Waals surface area contributed by atoms with Gasteiger partial charge in [-0.05, 0) is 151 Å². The number of hydrogen-bond donors (Lipinski definition) is 2. The number of rotatable bonds is 14. The van der Waals surface area contributed by atoms with Crippen molar-refractivity contribution < 1.29 is 0 Å². The summed E-state index contributed by atoms with van der Waals surface area (Å²) in [6.07, 6.45) is 0. The van der Waals surface area contributed by atoms with Crippen LogP contribution in [-0.2, 0) is 0 Å². The zero-order valence-corrected chi connectivity index (χ0v) is 75.5. The second-order valence-corrected chi connectivity index (χ2v) is 32.9. The number of hydrogen-bond acceptors (Lipinski definition) is 45. The first-order chi connectivity index (χ1) is 59.4. The van der Waals surface area contributed by atoms with E-state index in [-0.39, 0.29) is 52.8 Å². The molecule has 9 aliphatic heterocycles. The summed E-state index contributed by atoms with van der Waals surface area (Å²) in [6, 6.07) is 0. The van der Waals surface area contributed by atoms with Gasteiger partial charge in [-0.25, -0.2) is 9.97 Å².